The molecule has 1 aromatic heterocycles. The van der Waals surface area contributed by atoms with Gasteiger partial charge in [-0.25, -0.2) is 8.78 Å². The third-order valence-electron chi connectivity index (χ3n) is 10.2. The van der Waals surface area contributed by atoms with Crippen molar-refractivity contribution in [2.75, 3.05) is 37.7 Å². The smallest absolute Gasteiger partial charge is 0.318 e. The zero-order valence-corrected chi connectivity index (χ0v) is 24.0. The molecule has 5 atom stereocenters. The average molecular weight is 588 g/mol. The van der Waals surface area contributed by atoms with E-state index in [9.17, 15) is 13.9 Å². The lowest BCUT2D eigenvalue weighted by molar-refractivity contribution is 0.0261. The molecule has 5 aliphatic rings. The molecule has 224 valence electrons. The third-order valence-corrected chi connectivity index (χ3v) is 10.2. The van der Waals surface area contributed by atoms with Crippen LogP contribution in [0.2, 0.25) is 0 Å². The summed E-state index contributed by atoms with van der Waals surface area (Å²) in [6, 6.07) is 7.24. The molecule has 10 heteroatoms. The molecule has 4 saturated heterocycles. The van der Waals surface area contributed by atoms with Crippen molar-refractivity contribution in [3.63, 3.8) is 0 Å². The fraction of sp³-hybridized carbons (Fsp3) is 0.515. The number of hydrogen-bond donors (Lipinski definition) is 2. The number of terminal acetylenes is 1. The van der Waals surface area contributed by atoms with Gasteiger partial charge in [0.15, 0.2) is 0 Å². The fourth-order valence-corrected chi connectivity index (χ4v) is 8.23. The molecule has 8 nitrogen and oxygen atoms in total. The monoisotopic (exact) mass is 587 g/mol. The normalized spacial score (nSPS) is 29.9. The van der Waals surface area contributed by atoms with Crippen LogP contribution in [0.4, 0.5) is 14.6 Å². The Morgan fingerprint density at radius 2 is 2.02 bits per heavy atom. The minimum Gasteiger partial charge on any atom is -0.508 e. The van der Waals surface area contributed by atoms with Crippen molar-refractivity contribution < 1.29 is 23.4 Å². The van der Waals surface area contributed by atoms with Crippen molar-refractivity contribution >= 4 is 16.6 Å². The van der Waals surface area contributed by atoms with Gasteiger partial charge in [0.05, 0.1) is 29.5 Å². The minimum absolute atomic E-state index is 0.0540. The van der Waals surface area contributed by atoms with Gasteiger partial charge in [-0.3, -0.25) is 4.90 Å². The Bertz CT molecular complexity index is 1630. The molecule has 2 aromatic carbocycles. The summed E-state index contributed by atoms with van der Waals surface area (Å²) >= 11 is 0. The van der Waals surface area contributed by atoms with Crippen LogP contribution in [-0.2, 0) is 17.8 Å². The van der Waals surface area contributed by atoms with Gasteiger partial charge >= 0.3 is 6.01 Å². The summed E-state index contributed by atoms with van der Waals surface area (Å²) in [6.45, 7) is 3.63. The van der Waals surface area contributed by atoms with Crippen LogP contribution in [0.25, 0.3) is 10.8 Å². The number of halogens is 2. The SMILES string of the molecule is C#Cc1c(F)ccc2cc(O)cc([C@@H]3Cc4nc(OC[C@@]56CCCN5C[C@H](F)C6)nc(N5CC6CCC(C5)N6)c4CO3)c12. The van der Waals surface area contributed by atoms with Gasteiger partial charge in [0, 0.05) is 55.5 Å². The molecule has 0 spiro atoms. The molecule has 0 saturated carbocycles. The first-order valence-corrected chi connectivity index (χ1v) is 15.4. The lowest BCUT2D eigenvalue weighted by Crippen LogP contribution is -2.52. The standard InChI is InChI=1S/C33H35F2N5O3/c1-2-24-27(35)7-4-19-10-23(41)11-25(30(19)24)29-12-28-26(17-42-29)31(39-15-21-5-6-22(16-39)36-21)38-32(37-28)43-18-33-8-3-9-40(33)14-20(34)13-33/h1,4,7,10-11,20-22,29,36,41H,3,5-6,8-9,12-18H2/t20-,21?,22?,29+,33+/m1/s1. The van der Waals surface area contributed by atoms with Crippen LogP contribution >= 0.6 is 0 Å². The van der Waals surface area contributed by atoms with Gasteiger partial charge in [-0.05, 0) is 61.4 Å². The van der Waals surface area contributed by atoms with E-state index in [1.807, 2.05) is 0 Å². The molecule has 0 aliphatic carbocycles. The number of alkyl halides is 1. The Morgan fingerprint density at radius 3 is 2.84 bits per heavy atom. The highest BCUT2D eigenvalue weighted by molar-refractivity contribution is 5.93. The Balaban J connectivity index is 1.17. The van der Waals surface area contributed by atoms with E-state index >= 15 is 0 Å². The van der Waals surface area contributed by atoms with E-state index in [1.165, 1.54) is 6.07 Å². The second-order valence-electron chi connectivity index (χ2n) is 12.9. The first-order valence-electron chi connectivity index (χ1n) is 15.4. The number of phenolic OH excluding ortho intramolecular Hbond substituents is 1. The summed E-state index contributed by atoms with van der Waals surface area (Å²) in [4.78, 5) is 14.4. The van der Waals surface area contributed by atoms with Gasteiger partial charge < -0.3 is 24.8 Å². The average Bonchev–Trinajstić information content (AvgIpc) is 3.65. The first kappa shape index (κ1) is 27.1. The van der Waals surface area contributed by atoms with E-state index in [2.05, 4.69) is 21.0 Å². The van der Waals surface area contributed by atoms with Crippen LogP contribution in [0.15, 0.2) is 24.3 Å². The largest absolute Gasteiger partial charge is 0.508 e. The van der Waals surface area contributed by atoms with Crippen molar-refractivity contribution in [3.8, 4) is 24.1 Å². The van der Waals surface area contributed by atoms with Crippen LogP contribution in [0.5, 0.6) is 11.8 Å². The molecule has 43 heavy (non-hydrogen) atoms. The number of aromatic hydroxyl groups is 1. The lowest BCUT2D eigenvalue weighted by Gasteiger charge is -2.37. The molecule has 6 heterocycles. The van der Waals surface area contributed by atoms with Crippen LogP contribution in [0.3, 0.4) is 0 Å². The van der Waals surface area contributed by atoms with Crippen molar-refractivity contribution in [1.29, 1.82) is 0 Å². The number of phenols is 1. The Labute approximate surface area is 249 Å². The van der Waals surface area contributed by atoms with E-state index < -0.39 is 18.1 Å². The maximum absolute atomic E-state index is 14.8. The molecular formula is C33H35F2N5O3. The number of ether oxygens (including phenoxy) is 2. The Hall–Kier alpha value is -3.52. The number of benzene rings is 2. The molecular weight excluding hydrogens is 552 g/mol. The molecule has 2 unspecified atom stereocenters. The van der Waals surface area contributed by atoms with Gasteiger partial charge in [-0.15, -0.1) is 6.42 Å². The molecule has 8 rings (SSSR count). The van der Waals surface area contributed by atoms with Crippen LogP contribution < -0.4 is 15.0 Å². The van der Waals surface area contributed by atoms with Crippen molar-refractivity contribution in [1.82, 2.24) is 20.2 Å². The summed E-state index contributed by atoms with van der Waals surface area (Å²) in [7, 11) is 0. The predicted octanol–water partition coefficient (Wildman–Crippen LogP) is 4.17. The zero-order valence-electron chi connectivity index (χ0n) is 24.0. The Kier molecular flexibility index (Phi) is 6.48. The number of aromatic nitrogens is 2. The summed E-state index contributed by atoms with van der Waals surface area (Å²) < 4.78 is 42.0. The second-order valence-corrected chi connectivity index (χ2v) is 12.9. The van der Waals surface area contributed by atoms with Crippen molar-refractivity contribution in [2.45, 2.75) is 75.0 Å². The Morgan fingerprint density at radius 1 is 1.19 bits per heavy atom. The van der Waals surface area contributed by atoms with Crippen molar-refractivity contribution in [2.24, 2.45) is 0 Å². The van der Waals surface area contributed by atoms with E-state index in [0.717, 1.165) is 62.4 Å². The van der Waals surface area contributed by atoms with Gasteiger partial charge in [-0.1, -0.05) is 12.0 Å². The highest BCUT2D eigenvalue weighted by Crippen LogP contribution is 2.43. The summed E-state index contributed by atoms with van der Waals surface area (Å²) in [5.41, 5.74) is 2.18. The van der Waals surface area contributed by atoms with Crippen LogP contribution in [-0.4, -0.2) is 76.6 Å². The molecule has 0 amide bonds. The van der Waals surface area contributed by atoms with Crippen LogP contribution in [0.1, 0.15) is 60.6 Å². The number of nitrogens with one attached hydrogen (secondary N) is 1. The molecule has 2 bridgehead atoms. The zero-order chi connectivity index (χ0) is 29.3. The first-order chi connectivity index (χ1) is 20.9. The molecule has 0 radical (unpaired) electrons. The third kappa shape index (κ3) is 4.60. The summed E-state index contributed by atoms with van der Waals surface area (Å²) in [6.07, 6.45) is 9.45. The fourth-order valence-electron chi connectivity index (χ4n) is 8.23. The van der Waals surface area contributed by atoms with Crippen molar-refractivity contribution in [3.05, 3.63) is 52.5 Å². The molecule has 3 aromatic rings. The highest BCUT2D eigenvalue weighted by atomic mass is 19.1. The highest BCUT2D eigenvalue weighted by Gasteiger charge is 2.49. The number of anilines is 1. The van der Waals surface area contributed by atoms with E-state index in [1.54, 1.807) is 18.2 Å². The maximum Gasteiger partial charge on any atom is 0.318 e. The second kappa shape index (κ2) is 10.3. The van der Waals surface area contributed by atoms with Gasteiger partial charge in [-0.2, -0.15) is 9.97 Å². The quantitative estimate of drug-likeness (QED) is 0.431. The number of fused-ring (bicyclic) bond motifs is 5. The maximum atomic E-state index is 14.8. The van der Waals surface area contributed by atoms with E-state index in [-0.39, 0.29) is 23.5 Å². The number of nitrogens with zero attached hydrogens (tertiary/aromatic N) is 4. The van der Waals surface area contributed by atoms with E-state index in [4.69, 9.17) is 25.9 Å². The predicted molar refractivity (Wildman–Crippen MR) is 157 cm³/mol. The number of rotatable bonds is 5. The molecule has 2 N–H and O–H groups in total. The number of piperazine rings is 1. The lowest BCUT2D eigenvalue weighted by atomic mass is 9.91. The summed E-state index contributed by atoms with van der Waals surface area (Å²) in [5.74, 6) is 2.88. The topological polar surface area (TPSA) is 83.0 Å². The van der Waals surface area contributed by atoms with Gasteiger partial charge in [0.1, 0.15) is 30.2 Å². The van der Waals surface area contributed by atoms with Crippen LogP contribution in [0, 0.1) is 18.2 Å². The number of hydrogen-bond acceptors (Lipinski definition) is 8. The minimum atomic E-state index is -0.840. The van der Waals surface area contributed by atoms with Gasteiger partial charge in [0.2, 0.25) is 0 Å². The van der Waals surface area contributed by atoms with Gasteiger partial charge in [0.25, 0.3) is 0 Å². The molecule has 4 fully saturated rings. The molecule has 5 aliphatic heterocycles. The summed E-state index contributed by atoms with van der Waals surface area (Å²) in [5, 5.41) is 15.4. The van der Waals surface area contributed by atoms with E-state index in [0.29, 0.717) is 60.4 Å².